The lowest BCUT2D eigenvalue weighted by atomic mass is 9.47. The van der Waals surface area contributed by atoms with Crippen LogP contribution in [0.4, 0.5) is 0 Å². The Morgan fingerprint density at radius 1 is 0.800 bits per heavy atom. The van der Waals surface area contributed by atoms with E-state index < -0.39 is 5.97 Å². The molecule has 3 saturated carbocycles. The normalized spacial score (nSPS) is 31.7. The number of allylic oxidation sites excluding steroid dienone is 10. The molecule has 4 rings (SSSR count). The summed E-state index contributed by atoms with van der Waals surface area (Å²) in [6.45, 7) is 14.8. The largest absolute Gasteiger partial charge is 0.478 e. The monoisotopic (exact) mass is 689 g/mol. The predicted molar refractivity (Wildman–Crippen MR) is 215 cm³/mol. The van der Waals surface area contributed by atoms with E-state index in [-0.39, 0.29) is 6.10 Å². The SMILES string of the molecule is CC(C)CCCC(C)[C@H]1CC[C@H]2[C@@H]3CC=C4C[C@@H](O)CC[C@]4(C)[C@H]3CC[C@]12C.CCCCCCCCCC=CC=CC=CC=CC=CC(=O)O. The summed E-state index contributed by atoms with van der Waals surface area (Å²) >= 11 is 0. The second-order valence-electron chi connectivity index (χ2n) is 17.4. The van der Waals surface area contributed by atoms with Crippen molar-refractivity contribution >= 4 is 5.97 Å². The second-order valence-corrected chi connectivity index (χ2v) is 17.4. The summed E-state index contributed by atoms with van der Waals surface area (Å²) in [6.07, 6.45) is 45.9. The minimum absolute atomic E-state index is 0.0766. The Kier molecular flexibility index (Phi) is 18.7. The van der Waals surface area contributed by atoms with Crippen LogP contribution in [-0.2, 0) is 4.79 Å². The summed E-state index contributed by atoms with van der Waals surface area (Å²) in [5.41, 5.74) is 2.60. The lowest BCUT2D eigenvalue weighted by Gasteiger charge is -2.58. The van der Waals surface area contributed by atoms with Gasteiger partial charge >= 0.3 is 5.97 Å². The highest BCUT2D eigenvalue weighted by atomic mass is 16.4. The summed E-state index contributed by atoms with van der Waals surface area (Å²) < 4.78 is 0. The van der Waals surface area contributed by atoms with Crippen LogP contribution in [0.15, 0.2) is 72.4 Å². The summed E-state index contributed by atoms with van der Waals surface area (Å²) in [5.74, 6) is 4.53. The molecule has 8 atom stereocenters. The van der Waals surface area contributed by atoms with Crippen molar-refractivity contribution < 1.29 is 15.0 Å². The molecule has 0 saturated heterocycles. The highest BCUT2D eigenvalue weighted by Gasteiger charge is 2.59. The zero-order valence-corrected chi connectivity index (χ0v) is 33.1. The lowest BCUT2D eigenvalue weighted by Crippen LogP contribution is -2.50. The Morgan fingerprint density at radius 3 is 2.14 bits per heavy atom. The van der Waals surface area contributed by atoms with Crippen molar-refractivity contribution in [3.8, 4) is 0 Å². The molecule has 50 heavy (non-hydrogen) atoms. The highest BCUT2D eigenvalue weighted by Crippen LogP contribution is 2.67. The summed E-state index contributed by atoms with van der Waals surface area (Å²) in [7, 11) is 0. The van der Waals surface area contributed by atoms with Crippen molar-refractivity contribution in [3.63, 3.8) is 0 Å². The van der Waals surface area contributed by atoms with Gasteiger partial charge in [0.2, 0.25) is 0 Å². The van der Waals surface area contributed by atoms with Gasteiger partial charge in [0, 0.05) is 6.08 Å². The third kappa shape index (κ3) is 12.8. The predicted octanol–water partition coefficient (Wildman–Crippen LogP) is 13.4. The maximum absolute atomic E-state index is 10.2. The van der Waals surface area contributed by atoms with Gasteiger partial charge in [-0.2, -0.15) is 0 Å². The molecular formula is C47H76O3. The van der Waals surface area contributed by atoms with E-state index in [9.17, 15) is 9.90 Å². The molecule has 0 heterocycles. The van der Waals surface area contributed by atoms with Crippen LogP contribution >= 0.6 is 0 Å². The number of rotatable bonds is 18. The zero-order chi connectivity index (χ0) is 36.4. The first-order chi connectivity index (χ1) is 24.0. The van der Waals surface area contributed by atoms with Crippen LogP contribution in [0.5, 0.6) is 0 Å². The van der Waals surface area contributed by atoms with Gasteiger partial charge in [0.1, 0.15) is 0 Å². The number of hydrogen-bond donors (Lipinski definition) is 2. The molecule has 4 aliphatic rings. The van der Waals surface area contributed by atoms with Gasteiger partial charge in [-0.1, -0.05) is 166 Å². The van der Waals surface area contributed by atoms with Crippen LogP contribution in [0.25, 0.3) is 0 Å². The molecule has 3 fully saturated rings. The minimum Gasteiger partial charge on any atom is -0.478 e. The molecule has 0 spiro atoms. The topological polar surface area (TPSA) is 57.5 Å². The van der Waals surface area contributed by atoms with E-state index in [1.165, 1.54) is 109 Å². The molecule has 3 nitrogen and oxygen atoms in total. The number of aliphatic hydroxyl groups excluding tert-OH is 1. The van der Waals surface area contributed by atoms with E-state index in [0.29, 0.717) is 10.8 Å². The summed E-state index contributed by atoms with van der Waals surface area (Å²) in [5, 5.41) is 18.6. The molecule has 1 unspecified atom stereocenters. The van der Waals surface area contributed by atoms with Crippen LogP contribution in [0, 0.1) is 46.3 Å². The zero-order valence-electron chi connectivity index (χ0n) is 33.1. The number of hydrogen-bond acceptors (Lipinski definition) is 2. The van der Waals surface area contributed by atoms with Crippen molar-refractivity contribution in [1.29, 1.82) is 0 Å². The van der Waals surface area contributed by atoms with Gasteiger partial charge in [0.25, 0.3) is 0 Å². The third-order valence-corrected chi connectivity index (χ3v) is 13.4. The number of carboxylic acid groups (broad SMARTS) is 1. The number of carboxylic acids is 1. The molecule has 0 aromatic heterocycles. The fourth-order valence-corrected chi connectivity index (χ4v) is 10.6. The first kappa shape index (κ1) is 42.3. The number of aliphatic hydroxyl groups is 1. The van der Waals surface area contributed by atoms with Gasteiger partial charge in [0.15, 0.2) is 0 Å². The van der Waals surface area contributed by atoms with Crippen LogP contribution in [-0.4, -0.2) is 22.3 Å². The Morgan fingerprint density at radius 2 is 1.46 bits per heavy atom. The van der Waals surface area contributed by atoms with Gasteiger partial charge in [0.05, 0.1) is 6.10 Å². The molecule has 0 amide bonds. The number of aliphatic carboxylic acids is 1. The minimum atomic E-state index is -0.931. The lowest BCUT2D eigenvalue weighted by molar-refractivity contribution is -0.131. The number of fused-ring (bicyclic) bond motifs is 5. The van der Waals surface area contributed by atoms with E-state index in [2.05, 4.69) is 59.8 Å². The molecule has 2 N–H and O–H groups in total. The first-order valence-corrected chi connectivity index (χ1v) is 21.0. The highest BCUT2D eigenvalue weighted by molar-refractivity contribution is 5.80. The standard InChI is InChI=1S/C27H46O.C20H30O2/c1-18(2)7-6-8-19(3)23-11-12-24-22-10-9-20-17-21(28)13-15-26(20,4)25(22)14-16-27(23,24)5;1-2-3-4-5-6-7-8-9-10-11-12-13-14-15-16-17-18-19-20(21)22/h9,18-19,21-25,28H,6-8,10-17H2,1-5H3;10-19H,2-9H2,1H3,(H,21,22)/t19?,21-,22-,23+,24-,25-,26-,27+;/m0./s1. The maximum Gasteiger partial charge on any atom is 0.328 e. The fraction of sp³-hybridized carbons (Fsp3) is 0.723. The summed E-state index contributed by atoms with van der Waals surface area (Å²) in [4.78, 5) is 10.2. The van der Waals surface area contributed by atoms with Crippen LogP contribution in [0.3, 0.4) is 0 Å². The quantitative estimate of drug-likeness (QED) is 0.0652. The second kappa shape index (κ2) is 22.1. The average molecular weight is 689 g/mol. The Balaban J connectivity index is 0.000000281. The van der Waals surface area contributed by atoms with Gasteiger partial charge in [-0.05, 0) is 111 Å². The van der Waals surface area contributed by atoms with E-state index in [4.69, 9.17) is 5.11 Å². The van der Waals surface area contributed by atoms with Crippen LogP contribution < -0.4 is 0 Å². The van der Waals surface area contributed by atoms with Crippen molar-refractivity contribution in [2.75, 3.05) is 0 Å². The van der Waals surface area contributed by atoms with Crippen LogP contribution in [0.1, 0.15) is 164 Å². The van der Waals surface area contributed by atoms with Crippen LogP contribution in [0.2, 0.25) is 0 Å². The van der Waals surface area contributed by atoms with Gasteiger partial charge in [-0.25, -0.2) is 4.79 Å². The third-order valence-electron chi connectivity index (χ3n) is 13.4. The Hall–Kier alpha value is -2.13. The summed E-state index contributed by atoms with van der Waals surface area (Å²) in [6, 6.07) is 0. The van der Waals surface area contributed by atoms with E-state index >= 15 is 0 Å². The molecule has 3 heteroatoms. The van der Waals surface area contributed by atoms with Gasteiger partial charge in [-0.3, -0.25) is 0 Å². The van der Waals surface area contributed by atoms with Crippen molar-refractivity contribution in [2.45, 2.75) is 170 Å². The van der Waals surface area contributed by atoms with E-state index in [1.807, 2.05) is 24.3 Å². The van der Waals surface area contributed by atoms with E-state index in [1.54, 1.807) is 17.7 Å². The molecule has 282 valence electrons. The molecule has 0 aromatic rings. The molecule has 0 radical (unpaired) electrons. The average Bonchev–Trinajstić information content (AvgIpc) is 3.44. The molecule has 0 aliphatic heterocycles. The Labute approximate surface area is 308 Å². The van der Waals surface area contributed by atoms with Gasteiger partial charge < -0.3 is 10.2 Å². The molecule has 0 aromatic carbocycles. The fourth-order valence-electron chi connectivity index (χ4n) is 10.6. The van der Waals surface area contributed by atoms with Crippen molar-refractivity contribution in [3.05, 3.63) is 72.4 Å². The Bertz CT molecular complexity index is 1170. The number of carbonyl (C=O) groups is 1. The molecule has 4 aliphatic carbocycles. The molecular weight excluding hydrogens is 613 g/mol. The van der Waals surface area contributed by atoms with Crippen molar-refractivity contribution in [2.24, 2.45) is 46.3 Å². The van der Waals surface area contributed by atoms with E-state index in [0.717, 1.165) is 60.8 Å². The number of unbranched alkanes of at least 4 members (excludes halogenated alkanes) is 7. The first-order valence-electron chi connectivity index (χ1n) is 21.0. The van der Waals surface area contributed by atoms with Gasteiger partial charge in [-0.15, -0.1) is 0 Å². The van der Waals surface area contributed by atoms with Crippen molar-refractivity contribution in [1.82, 2.24) is 0 Å². The smallest absolute Gasteiger partial charge is 0.328 e. The maximum atomic E-state index is 10.2. The molecule has 0 bridgehead atoms.